The molecule has 2 saturated heterocycles. The number of benzene rings is 1. The summed E-state index contributed by atoms with van der Waals surface area (Å²) in [6.07, 6.45) is 0. The van der Waals surface area contributed by atoms with E-state index in [4.69, 9.17) is 0 Å². The molecule has 2 aliphatic heterocycles. The first kappa shape index (κ1) is 11.9. The monoisotopic (exact) mass is 252 g/mol. The highest BCUT2D eigenvalue weighted by atomic mass is 19.1. The molecule has 0 aromatic heterocycles. The molecule has 1 aromatic carbocycles. The van der Waals surface area contributed by atoms with E-state index in [1.165, 1.54) is 6.07 Å². The van der Waals surface area contributed by atoms with Gasteiger partial charge in [0.1, 0.15) is 11.6 Å². The zero-order valence-electron chi connectivity index (χ0n) is 10.8. The molecule has 4 heteroatoms. The Balaban J connectivity index is 1.85. The number of nitrogens with zero attached hydrogens (tertiary/aromatic N) is 2. The lowest BCUT2D eigenvalue weighted by Crippen LogP contribution is -2.31. The first-order valence-electron chi connectivity index (χ1n) is 6.36. The van der Waals surface area contributed by atoms with Crippen LogP contribution in [0.1, 0.15) is 6.92 Å². The Labute approximate surface area is 106 Å². The van der Waals surface area contributed by atoms with Crippen molar-refractivity contribution in [3.05, 3.63) is 29.8 Å². The summed E-state index contributed by atoms with van der Waals surface area (Å²) in [5.74, 6) is -0.388. The Morgan fingerprint density at radius 1 is 1.22 bits per heavy atom. The van der Waals surface area contributed by atoms with Crippen molar-refractivity contribution in [2.45, 2.75) is 6.92 Å². The summed E-state index contributed by atoms with van der Waals surface area (Å²) in [6.45, 7) is 6.10. The number of likely N-dealkylation sites (tertiary alicyclic amines) is 1. The van der Waals surface area contributed by atoms with Crippen LogP contribution in [0.2, 0.25) is 0 Å². The molecule has 0 amide bonds. The van der Waals surface area contributed by atoms with Gasteiger partial charge in [0.15, 0.2) is 0 Å². The number of halogens is 2. The van der Waals surface area contributed by atoms with E-state index >= 15 is 0 Å². The predicted octanol–water partition coefficient (Wildman–Crippen LogP) is 2.35. The van der Waals surface area contributed by atoms with Gasteiger partial charge in [0, 0.05) is 37.7 Å². The van der Waals surface area contributed by atoms with Crippen molar-refractivity contribution in [2.75, 3.05) is 38.1 Å². The maximum atomic E-state index is 13.8. The summed E-state index contributed by atoms with van der Waals surface area (Å²) >= 11 is 0. The zero-order chi connectivity index (χ0) is 12.9. The van der Waals surface area contributed by atoms with Crippen LogP contribution in [0, 0.1) is 23.0 Å². The summed E-state index contributed by atoms with van der Waals surface area (Å²) < 4.78 is 26.7. The van der Waals surface area contributed by atoms with Gasteiger partial charge in [-0.2, -0.15) is 0 Å². The molecule has 2 heterocycles. The van der Waals surface area contributed by atoms with E-state index in [9.17, 15) is 8.78 Å². The molecule has 3 rings (SSSR count). The van der Waals surface area contributed by atoms with Crippen molar-refractivity contribution in [3.8, 4) is 0 Å². The maximum Gasteiger partial charge on any atom is 0.149 e. The first-order valence-corrected chi connectivity index (χ1v) is 6.36. The summed E-state index contributed by atoms with van der Waals surface area (Å²) in [5, 5.41) is 0. The van der Waals surface area contributed by atoms with E-state index in [1.807, 2.05) is 0 Å². The van der Waals surface area contributed by atoms with Crippen molar-refractivity contribution in [1.82, 2.24) is 4.90 Å². The van der Waals surface area contributed by atoms with Gasteiger partial charge < -0.3 is 9.80 Å². The molecule has 0 spiro atoms. The standard InChI is InChI=1S/C14H18F2N2/c1-14-8-17(2)6-10(14)7-18(9-14)13-4-3-11(15)5-12(13)16/h3-5,10H,6-9H2,1-2H3. The highest BCUT2D eigenvalue weighted by molar-refractivity contribution is 5.49. The lowest BCUT2D eigenvalue weighted by Gasteiger charge is -2.25. The van der Waals surface area contributed by atoms with Crippen molar-refractivity contribution in [3.63, 3.8) is 0 Å². The van der Waals surface area contributed by atoms with Crippen molar-refractivity contribution in [1.29, 1.82) is 0 Å². The van der Waals surface area contributed by atoms with Gasteiger partial charge in [-0.05, 0) is 25.1 Å². The second-order valence-electron chi connectivity index (χ2n) is 6.02. The first-order chi connectivity index (χ1) is 8.48. The minimum Gasteiger partial charge on any atom is -0.368 e. The second-order valence-corrected chi connectivity index (χ2v) is 6.02. The van der Waals surface area contributed by atoms with E-state index in [-0.39, 0.29) is 5.41 Å². The van der Waals surface area contributed by atoms with Crippen molar-refractivity contribution < 1.29 is 8.78 Å². The molecule has 0 aliphatic carbocycles. The fourth-order valence-electron chi connectivity index (χ4n) is 3.55. The molecule has 2 unspecified atom stereocenters. The van der Waals surface area contributed by atoms with Crippen LogP contribution in [-0.4, -0.2) is 38.1 Å². The van der Waals surface area contributed by atoms with Crippen molar-refractivity contribution in [2.24, 2.45) is 11.3 Å². The SMILES string of the molecule is CN1CC2CN(c3ccc(F)cc3F)CC2(C)C1. The molecule has 0 bridgehead atoms. The van der Waals surface area contributed by atoms with E-state index in [0.29, 0.717) is 11.6 Å². The van der Waals surface area contributed by atoms with Gasteiger partial charge in [-0.25, -0.2) is 8.78 Å². The highest BCUT2D eigenvalue weighted by Gasteiger charge is 2.48. The molecule has 1 aromatic rings. The minimum absolute atomic E-state index is 0.232. The third-order valence-electron chi connectivity index (χ3n) is 4.39. The number of hydrogen-bond acceptors (Lipinski definition) is 2. The Bertz CT molecular complexity index is 477. The van der Waals surface area contributed by atoms with E-state index in [2.05, 4.69) is 23.8 Å². The average molecular weight is 252 g/mol. The predicted molar refractivity (Wildman–Crippen MR) is 67.7 cm³/mol. The van der Waals surface area contributed by atoms with Crippen molar-refractivity contribution >= 4 is 5.69 Å². The number of fused-ring (bicyclic) bond motifs is 1. The third kappa shape index (κ3) is 1.79. The molecule has 2 fully saturated rings. The Morgan fingerprint density at radius 2 is 2.00 bits per heavy atom. The molecule has 0 N–H and O–H groups in total. The molecular formula is C14H18F2N2. The summed E-state index contributed by atoms with van der Waals surface area (Å²) in [6, 6.07) is 3.86. The van der Waals surface area contributed by atoms with E-state index in [1.54, 1.807) is 6.07 Å². The fraction of sp³-hybridized carbons (Fsp3) is 0.571. The van der Waals surface area contributed by atoms with Crippen LogP contribution in [-0.2, 0) is 0 Å². The van der Waals surface area contributed by atoms with Crippen LogP contribution in [0.4, 0.5) is 14.5 Å². The molecule has 0 radical (unpaired) electrons. The molecule has 2 nitrogen and oxygen atoms in total. The molecule has 0 saturated carbocycles. The van der Waals surface area contributed by atoms with Gasteiger partial charge in [-0.15, -0.1) is 0 Å². The Kier molecular flexibility index (Phi) is 2.59. The van der Waals surface area contributed by atoms with Crippen LogP contribution >= 0.6 is 0 Å². The van der Waals surface area contributed by atoms with Gasteiger partial charge in [-0.3, -0.25) is 0 Å². The van der Waals surface area contributed by atoms with Crippen LogP contribution in [0.15, 0.2) is 18.2 Å². The normalized spacial score (nSPS) is 32.0. The highest BCUT2D eigenvalue weighted by Crippen LogP contribution is 2.43. The molecule has 18 heavy (non-hydrogen) atoms. The summed E-state index contributed by atoms with van der Waals surface area (Å²) in [4.78, 5) is 4.40. The van der Waals surface area contributed by atoms with Crippen LogP contribution in [0.3, 0.4) is 0 Å². The molecule has 98 valence electrons. The van der Waals surface area contributed by atoms with Crippen LogP contribution in [0.5, 0.6) is 0 Å². The van der Waals surface area contributed by atoms with Crippen LogP contribution in [0.25, 0.3) is 0 Å². The third-order valence-corrected chi connectivity index (χ3v) is 4.39. The lowest BCUT2D eigenvalue weighted by molar-refractivity contribution is 0.313. The van der Waals surface area contributed by atoms with E-state index in [0.717, 1.165) is 32.2 Å². The molecule has 2 atom stereocenters. The maximum absolute atomic E-state index is 13.8. The molecular weight excluding hydrogens is 234 g/mol. The quantitative estimate of drug-likeness (QED) is 0.757. The summed E-state index contributed by atoms with van der Waals surface area (Å²) in [5.41, 5.74) is 0.768. The van der Waals surface area contributed by atoms with Gasteiger partial charge in [0.05, 0.1) is 5.69 Å². The second kappa shape index (κ2) is 3.92. The van der Waals surface area contributed by atoms with Gasteiger partial charge in [-0.1, -0.05) is 6.92 Å². The van der Waals surface area contributed by atoms with E-state index < -0.39 is 11.6 Å². The van der Waals surface area contributed by atoms with Gasteiger partial charge in [0.25, 0.3) is 0 Å². The smallest absolute Gasteiger partial charge is 0.149 e. The fourth-order valence-corrected chi connectivity index (χ4v) is 3.55. The van der Waals surface area contributed by atoms with Crippen LogP contribution < -0.4 is 4.90 Å². The largest absolute Gasteiger partial charge is 0.368 e. The number of hydrogen-bond donors (Lipinski definition) is 0. The minimum atomic E-state index is -0.512. The Hall–Kier alpha value is -1.16. The topological polar surface area (TPSA) is 6.48 Å². The lowest BCUT2D eigenvalue weighted by atomic mass is 9.83. The summed E-state index contributed by atoms with van der Waals surface area (Å²) in [7, 11) is 2.13. The van der Waals surface area contributed by atoms with Gasteiger partial charge >= 0.3 is 0 Å². The Morgan fingerprint density at radius 3 is 2.67 bits per heavy atom. The number of anilines is 1. The molecule has 2 aliphatic rings. The average Bonchev–Trinajstić information content (AvgIpc) is 2.67. The number of rotatable bonds is 1. The zero-order valence-corrected chi connectivity index (χ0v) is 10.8. The van der Waals surface area contributed by atoms with Gasteiger partial charge in [0.2, 0.25) is 0 Å².